The van der Waals surface area contributed by atoms with E-state index in [1.54, 1.807) is 72.8 Å². The summed E-state index contributed by atoms with van der Waals surface area (Å²) in [5, 5.41) is 9.63. The van der Waals surface area contributed by atoms with E-state index in [2.05, 4.69) is 20.9 Å². The number of rotatable bonds is 9. The lowest BCUT2D eigenvalue weighted by Gasteiger charge is -2.19. The van der Waals surface area contributed by atoms with Crippen LogP contribution in [0.5, 0.6) is 0 Å². The van der Waals surface area contributed by atoms with Crippen LogP contribution in [0, 0.1) is 0 Å². The summed E-state index contributed by atoms with van der Waals surface area (Å²) in [6.07, 6.45) is 2.18. The minimum absolute atomic E-state index is 0.234. The van der Waals surface area contributed by atoms with E-state index in [0.717, 1.165) is 22.0 Å². The van der Waals surface area contributed by atoms with Crippen molar-refractivity contribution in [2.45, 2.75) is 19.0 Å². The monoisotopic (exact) mass is 531 g/mol. The average molecular weight is 532 g/mol. The number of fused-ring (bicyclic) bond motifs is 1. The van der Waals surface area contributed by atoms with Crippen molar-refractivity contribution in [1.82, 2.24) is 15.6 Å². The number of aromatic amines is 1. The van der Waals surface area contributed by atoms with Crippen molar-refractivity contribution in [2.24, 2.45) is 0 Å². The quantitative estimate of drug-likeness (QED) is 0.177. The molecule has 6 N–H and O–H groups in total. The van der Waals surface area contributed by atoms with E-state index in [0.29, 0.717) is 28.9 Å². The molecule has 0 radical (unpaired) electrons. The second-order valence-corrected chi connectivity index (χ2v) is 9.41. The van der Waals surface area contributed by atoms with Crippen LogP contribution in [0.1, 0.15) is 31.8 Å². The third kappa shape index (κ3) is 6.19. The predicted molar refractivity (Wildman–Crippen MR) is 157 cm³/mol. The summed E-state index contributed by atoms with van der Waals surface area (Å²) in [5.41, 5.74) is 10.6. The first-order valence-corrected chi connectivity index (χ1v) is 12.9. The number of para-hydroxylation sites is 3. The van der Waals surface area contributed by atoms with Gasteiger partial charge < -0.3 is 26.7 Å². The van der Waals surface area contributed by atoms with Crippen LogP contribution in [0.2, 0.25) is 0 Å². The molecule has 0 spiro atoms. The standard InChI is InChI=1S/C32H29N5O3/c33-26-11-5-7-13-28(26)36-31(39)23-16-14-21(15-17-23)19-35-32(40)29(37-30(38)22-8-2-1-3-9-22)18-24-20-34-27-12-6-4-10-25(24)27/h1-17,20,29,34H,18-19,33H2,(H,35,40)(H,36,39)(H,37,38)/t29-/m0/s1. The van der Waals surface area contributed by atoms with Gasteiger partial charge in [0.05, 0.1) is 11.4 Å². The van der Waals surface area contributed by atoms with Crippen molar-refractivity contribution in [3.05, 3.63) is 132 Å². The van der Waals surface area contributed by atoms with E-state index in [4.69, 9.17) is 5.73 Å². The van der Waals surface area contributed by atoms with Crippen molar-refractivity contribution >= 4 is 40.0 Å². The van der Waals surface area contributed by atoms with Crippen LogP contribution in [0.25, 0.3) is 10.9 Å². The van der Waals surface area contributed by atoms with Gasteiger partial charge in [-0.2, -0.15) is 0 Å². The molecule has 0 aliphatic rings. The fourth-order valence-electron chi connectivity index (χ4n) is 4.45. The molecular weight excluding hydrogens is 502 g/mol. The number of H-pyrrole nitrogens is 1. The van der Waals surface area contributed by atoms with E-state index in [9.17, 15) is 14.4 Å². The molecule has 0 unspecified atom stereocenters. The van der Waals surface area contributed by atoms with Crippen LogP contribution in [-0.2, 0) is 17.8 Å². The summed E-state index contributed by atoms with van der Waals surface area (Å²) in [7, 11) is 0. The van der Waals surface area contributed by atoms with Crippen LogP contribution in [0.3, 0.4) is 0 Å². The van der Waals surface area contributed by atoms with E-state index >= 15 is 0 Å². The molecule has 1 heterocycles. The smallest absolute Gasteiger partial charge is 0.255 e. The number of nitrogens with two attached hydrogens (primary N) is 1. The Bertz CT molecular complexity index is 1640. The number of hydrogen-bond donors (Lipinski definition) is 5. The van der Waals surface area contributed by atoms with Crippen molar-refractivity contribution < 1.29 is 14.4 Å². The predicted octanol–water partition coefficient (Wildman–Crippen LogP) is 4.66. The molecule has 5 aromatic rings. The first-order valence-electron chi connectivity index (χ1n) is 12.9. The molecule has 0 fully saturated rings. The Morgan fingerprint density at radius 1 is 0.750 bits per heavy atom. The third-order valence-corrected chi connectivity index (χ3v) is 6.65. The number of nitrogens with one attached hydrogen (secondary N) is 4. The molecule has 0 aliphatic heterocycles. The Morgan fingerprint density at radius 2 is 1.43 bits per heavy atom. The lowest BCUT2D eigenvalue weighted by Crippen LogP contribution is -2.47. The lowest BCUT2D eigenvalue weighted by molar-refractivity contribution is -0.123. The molecule has 8 nitrogen and oxygen atoms in total. The second-order valence-electron chi connectivity index (χ2n) is 9.41. The van der Waals surface area contributed by atoms with Gasteiger partial charge >= 0.3 is 0 Å². The largest absolute Gasteiger partial charge is 0.397 e. The zero-order valence-electron chi connectivity index (χ0n) is 21.7. The Balaban J connectivity index is 1.26. The molecule has 200 valence electrons. The number of amides is 3. The number of carbonyl (C=O) groups is 3. The Hall–Kier alpha value is -5.37. The number of aromatic nitrogens is 1. The summed E-state index contributed by atoms with van der Waals surface area (Å²) in [4.78, 5) is 42.1. The number of hydrogen-bond acceptors (Lipinski definition) is 4. The van der Waals surface area contributed by atoms with E-state index in [1.807, 2.05) is 36.5 Å². The molecule has 4 aromatic carbocycles. The number of anilines is 2. The summed E-state index contributed by atoms with van der Waals surface area (Å²) in [5.74, 6) is -0.915. The molecule has 8 heteroatoms. The van der Waals surface area contributed by atoms with Gasteiger partial charge in [0.25, 0.3) is 11.8 Å². The summed E-state index contributed by atoms with van der Waals surface area (Å²) >= 11 is 0. The third-order valence-electron chi connectivity index (χ3n) is 6.65. The van der Waals surface area contributed by atoms with Crippen LogP contribution >= 0.6 is 0 Å². The zero-order chi connectivity index (χ0) is 27.9. The molecule has 0 saturated carbocycles. The van der Waals surface area contributed by atoms with E-state index in [1.165, 1.54) is 0 Å². The normalized spacial score (nSPS) is 11.5. The fraction of sp³-hybridized carbons (Fsp3) is 0.0938. The molecule has 1 aromatic heterocycles. The molecule has 0 bridgehead atoms. The van der Waals surface area contributed by atoms with E-state index < -0.39 is 6.04 Å². The summed E-state index contributed by atoms with van der Waals surface area (Å²) in [6.45, 7) is 0.234. The maximum atomic E-state index is 13.3. The first kappa shape index (κ1) is 26.2. The maximum Gasteiger partial charge on any atom is 0.255 e. The van der Waals surface area contributed by atoms with Crippen LogP contribution < -0.4 is 21.7 Å². The zero-order valence-corrected chi connectivity index (χ0v) is 21.7. The Labute approximate surface area is 231 Å². The van der Waals surface area contributed by atoms with Gasteiger partial charge in [0.15, 0.2) is 0 Å². The second kappa shape index (κ2) is 12.0. The lowest BCUT2D eigenvalue weighted by atomic mass is 10.0. The minimum atomic E-state index is -0.798. The summed E-state index contributed by atoms with van der Waals surface area (Å²) in [6, 6.07) is 29.8. The molecular formula is C32H29N5O3. The molecule has 3 amide bonds. The van der Waals surface area contributed by atoms with Gasteiger partial charge in [-0.1, -0.05) is 60.7 Å². The summed E-state index contributed by atoms with van der Waals surface area (Å²) < 4.78 is 0. The minimum Gasteiger partial charge on any atom is -0.397 e. The highest BCUT2D eigenvalue weighted by Crippen LogP contribution is 2.20. The first-order chi connectivity index (χ1) is 19.5. The number of benzene rings is 4. The average Bonchev–Trinajstić information content (AvgIpc) is 3.40. The van der Waals surface area contributed by atoms with Gasteiger partial charge in [0.2, 0.25) is 5.91 Å². The molecule has 1 atom stereocenters. The van der Waals surface area contributed by atoms with E-state index in [-0.39, 0.29) is 24.3 Å². The van der Waals surface area contributed by atoms with Crippen LogP contribution in [0.15, 0.2) is 109 Å². The molecule has 5 rings (SSSR count). The SMILES string of the molecule is Nc1ccccc1NC(=O)c1ccc(CNC(=O)[C@H](Cc2c[nH]c3ccccc23)NC(=O)c2ccccc2)cc1. The van der Waals surface area contributed by atoms with Crippen LogP contribution in [-0.4, -0.2) is 28.7 Å². The van der Waals surface area contributed by atoms with Crippen LogP contribution in [0.4, 0.5) is 11.4 Å². The van der Waals surface area contributed by atoms with Gasteiger partial charge in [-0.3, -0.25) is 14.4 Å². The highest BCUT2D eigenvalue weighted by molar-refractivity contribution is 6.05. The van der Waals surface area contributed by atoms with Gasteiger partial charge in [-0.15, -0.1) is 0 Å². The highest BCUT2D eigenvalue weighted by Gasteiger charge is 2.23. The Kier molecular flexibility index (Phi) is 7.87. The van der Waals surface area contributed by atoms with Gasteiger partial charge in [-0.25, -0.2) is 0 Å². The molecule has 40 heavy (non-hydrogen) atoms. The van der Waals surface area contributed by atoms with Gasteiger partial charge in [0.1, 0.15) is 6.04 Å². The number of carbonyl (C=O) groups excluding carboxylic acids is 3. The van der Waals surface area contributed by atoms with Gasteiger partial charge in [0, 0.05) is 41.2 Å². The molecule has 0 saturated heterocycles. The fourth-order valence-corrected chi connectivity index (χ4v) is 4.45. The van der Waals surface area contributed by atoms with Crippen molar-refractivity contribution in [3.63, 3.8) is 0 Å². The van der Waals surface area contributed by atoms with Crippen molar-refractivity contribution in [3.8, 4) is 0 Å². The topological polar surface area (TPSA) is 129 Å². The maximum absolute atomic E-state index is 13.3. The van der Waals surface area contributed by atoms with Gasteiger partial charge in [-0.05, 0) is 53.6 Å². The number of nitrogen functional groups attached to an aromatic ring is 1. The molecule has 0 aliphatic carbocycles. The van der Waals surface area contributed by atoms with Crippen molar-refractivity contribution in [2.75, 3.05) is 11.1 Å². The Morgan fingerprint density at radius 3 is 2.20 bits per heavy atom. The highest BCUT2D eigenvalue weighted by atomic mass is 16.2. The van der Waals surface area contributed by atoms with Crippen molar-refractivity contribution in [1.29, 1.82) is 0 Å².